The molecule has 1 heterocycles. The zero-order valence-electron chi connectivity index (χ0n) is 11.4. The number of fused-ring (bicyclic) bond motifs is 1. The van der Waals surface area contributed by atoms with E-state index in [9.17, 15) is 9.59 Å². The van der Waals surface area contributed by atoms with Gasteiger partial charge in [-0.15, -0.1) is 0 Å². The molecule has 0 saturated carbocycles. The Bertz CT molecular complexity index is 516. The summed E-state index contributed by atoms with van der Waals surface area (Å²) in [6.07, 6.45) is 0.695. The highest BCUT2D eigenvalue weighted by Gasteiger charge is 2.24. The molecule has 6 heteroatoms. The molecule has 2 rings (SSSR count). The second-order valence-corrected chi connectivity index (χ2v) is 4.61. The number of methoxy groups -OCH3 is 1. The second-order valence-electron chi connectivity index (χ2n) is 4.61. The third-order valence-electron chi connectivity index (χ3n) is 3.28. The first kappa shape index (κ1) is 14.5. The minimum absolute atomic E-state index is 0.0112. The van der Waals surface area contributed by atoms with Crippen LogP contribution in [0.15, 0.2) is 18.2 Å². The fraction of sp³-hybridized carbons (Fsp3) is 0.429. The molecule has 0 atom stereocenters. The monoisotopic (exact) mass is 278 g/mol. The number of aromatic carboxylic acids is 1. The van der Waals surface area contributed by atoms with E-state index in [0.717, 1.165) is 11.3 Å². The van der Waals surface area contributed by atoms with Gasteiger partial charge in [-0.25, -0.2) is 4.79 Å². The highest BCUT2D eigenvalue weighted by atomic mass is 16.5. The minimum atomic E-state index is -0.946. The van der Waals surface area contributed by atoms with Crippen LogP contribution < -0.4 is 10.2 Å². The molecule has 108 valence electrons. The number of nitrogens with zero attached hydrogens (tertiary/aromatic N) is 1. The van der Waals surface area contributed by atoms with Crippen molar-refractivity contribution >= 4 is 17.6 Å². The standard InChI is InChI=1S/C14H18N2O4/c1-20-7-5-15-9-13(17)16-6-4-10-8-11(14(18)19)2-3-12(10)16/h2-3,8,15H,4-7,9H2,1H3,(H,18,19). The maximum atomic E-state index is 12.1. The van der Waals surface area contributed by atoms with E-state index in [1.165, 1.54) is 6.07 Å². The molecule has 20 heavy (non-hydrogen) atoms. The number of carbonyl (C=O) groups excluding carboxylic acids is 1. The van der Waals surface area contributed by atoms with Gasteiger partial charge in [0.05, 0.1) is 18.7 Å². The van der Waals surface area contributed by atoms with Gasteiger partial charge in [-0.05, 0) is 30.2 Å². The fourth-order valence-corrected chi connectivity index (χ4v) is 2.26. The van der Waals surface area contributed by atoms with Crippen LogP contribution in [0.5, 0.6) is 0 Å². The number of nitrogens with one attached hydrogen (secondary N) is 1. The van der Waals surface area contributed by atoms with Crippen LogP contribution in [-0.4, -0.2) is 50.3 Å². The predicted molar refractivity (Wildman–Crippen MR) is 74.2 cm³/mol. The fourth-order valence-electron chi connectivity index (χ4n) is 2.26. The van der Waals surface area contributed by atoms with Crippen LogP contribution in [0.1, 0.15) is 15.9 Å². The van der Waals surface area contributed by atoms with Gasteiger partial charge in [0.15, 0.2) is 0 Å². The van der Waals surface area contributed by atoms with Gasteiger partial charge >= 0.3 is 5.97 Å². The number of hydrogen-bond donors (Lipinski definition) is 2. The van der Waals surface area contributed by atoms with Gasteiger partial charge in [-0.1, -0.05) is 0 Å². The molecular formula is C14H18N2O4. The SMILES string of the molecule is COCCNCC(=O)N1CCc2cc(C(=O)O)ccc21. The molecule has 1 aliphatic rings. The van der Waals surface area contributed by atoms with Gasteiger partial charge < -0.3 is 20.1 Å². The maximum absolute atomic E-state index is 12.1. The summed E-state index contributed by atoms with van der Waals surface area (Å²) in [4.78, 5) is 24.7. The summed E-state index contributed by atoms with van der Waals surface area (Å²) in [5.74, 6) is -0.957. The van der Waals surface area contributed by atoms with Crippen LogP contribution in [0.4, 0.5) is 5.69 Å². The quantitative estimate of drug-likeness (QED) is 0.741. The van der Waals surface area contributed by atoms with Crippen molar-refractivity contribution in [3.05, 3.63) is 29.3 Å². The lowest BCUT2D eigenvalue weighted by Crippen LogP contribution is -2.38. The van der Waals surface area contributed by atoms with Gasteiger partial charge in [-0.3, -0.25) is 4.79 Å². The van der Waals surface area contributed by atoms with Crippen molar-refractivity contribution in [3.63, 3.8) is 0 Å². The largest absolute Gasteiger partial charge is 0.478 e. The average molecular weight is 278 g/mol. The Hall–Kier alpha value is -1.92. The molecule has 0 unspecified atom stereocenters. The van der Waals surface area contributed by atoms with E-state index in [0.29, 0.717) is 26.1 Å². The summed E-state index contributed by atoms with van der Waals surface area (Å²) in [5.41, 5.74) is 1.99. The minimum Gasteiger partial charge on any atom is -0.478 e. The van der Waals surface area contributed by atoms with E-state index < -0.39 is 5.97 Å². The van der Waals surface area contributed by atoms with E-state index >= 15 is 0 Å². The zero-order valence-corrected chi connectivity index (χ0v) is 11.4. The van der Waals surface area contributed by atoms with E-state index in [1.54, 1.807) is 24.1 Å². The third-order valence-corrected chi connectivity index (χ3v) is 3.28. The summed E-state index contributed by atoms with van der Waals surface area (Å²) >= 11 is 0. The van der Waals surface area contributed by atoms with Crippen molar-refractivity contribution in [1.82, 2.24) is 5.32 Å². The highest BCUT2D eigenvalue weighted by Crippen LogP contribution is 2.28. The van der Waals surface area contributed by atoms with Crippen LogP contribution in [-0.2, 0) is 16.0 Å². The van der Waals surface area contributed by atoms with Crippen molar-refractivity contribution < 1.29 is 19.4 Å². The molecular weight excluding hydrogens is 260 g/mol. The first-order valence-electron chi connectivity index (χ1n) is 6.49. The average Bonchev–Trinajstić information content (AvgIpc) is 2.86. The van der Waals surface area contributed by atoms with Crippen molar-refractivity contribution in [2.75, 3.05) is 38.3 Å². The zero-order chi connectivity index (χ0) is 14.5. The third kappa shape index (κ3) is 3.15. The van der Waals surface area contributed by atoms with Gasteiger partial charge in [0.2, 0.25) is 5.91 Å². The molecule has 6 nitrogen and oxygen atoms in total. The number of carboxylic acids is 1. The smallest absolute Gasteiger partial charge is 0.335 e. The number of hydrogen-bond acceptors (Lipinski definition) is 4. The van der Waals surface area contributed by atoms with Crippen molar-refractivity contribution in [3.8, 4) is 0 Å². The molecule has 0 aliphatic carbocycles. The molecule has 1 aromatic carbocycles. The number of benzene rings is 1. The summed E-state index contributed by atoms with van der Waals surface area (Å²) < 4.78 is 4.90. The molecule has 1 amide bonds. The summed E-state index contributed by atoms with van der Waals surface area (Å²) in [5, 5.41) is 12.0. The van der Waals surface area contributed by atoms with Gasteiger partial charge in [-0.2, -0.15) is 0 Å². The van der Waals surface area contributed by atoms with Gasteiger partial charge in [0, 0.05) is 25.9 Å². The first-order valence-corrected chi connectivity index (χ1v) is 6.49. The number of carbonyl (C=O) groups is 2. The predicted octanol–water partition coefficient (Wildman–Crippen LogP) is 0.510. The summed E-state index contributed by atoms with van der Waals surface area (Å²) in [6.45, 7) is 2.04. The first-order chi connectivity index (χ1) is 9.63. The lowest BCUT2D eigenvalue weighted by Gasteiger charge is -2.17. The van der Waals surface area contributed by atoms with Crippen molar-refractivity contribution in [2.24, 2.45) is 0 Å². The Kier molecular flexibility index (Phi) is 4.70. The molecule has 2 N–H and O–H groups in total. The number of carboxylic acid groups (broad SMARTS) is 1. The van der Waals surface area contributed by atoms with Crippen LogP contribution in [0.2, 0.25) is 0 Å². The number of anilines is 1. The number of amides is 1. The van der Waals surface area contributed by atoms with Crippen LogP contribution in [0.25, 0.3) is 0 Å². The highest BCUT2D eigenvalue weighted by molar-refractivity contribution is 5.98. The van der Waals surface area contributed by atoms with E-state index in [4.69, 9.17) is 9.84 Å². The molecule has 0 saturated heterocycles. The van der Waals surface area contributed by atoms with Gasteiger partial charge in [0.1, 0.15) is 0 Å². The van der Waals surface area contributed by atoms with Crippen LogP contribution >= 0.6 is 0 Å². The Labute approximate surface area is 117 Å². The van der Waals surface area contributed by atoms with Gasteiger partial charge in [0.25, 0.3) is 0 Å². The normalized spacial score (nSPS) is 13.3. The summed E-state index contributed by atoms with van der Waals surface area (Å²) in [7, 11) is 1.61. The topological polar surface area (TPSA) is 78.9 Å². The lowest BCUT2D eigenvalue weighted by atomic mass is 10.1. The Morgan fingerprint density at radius 3 is 2.95 bits per heavy atom. The molecule has 1 aromatic rings. The van der Waals surface area contributed by atoms with E-state index in [2.05, 4.69) is 5.32 Å². The molecule has 0 fully saturated rings. The van der Waals surface area contributed by atoms with E-state index in [-0.39, 0.29) is 18.0 Å². The molecule has 1 aliphatic heterocycles. The van der Waals surface area contributed by atoms with Crippen molar-refractivity contribution in [1.29, 1.82) is 0 Å². The molecule has 0 spiro atoms. The molecule has 0 bridgehead atoms. The Morgan fingerprint density at radius 1 is 1.45 bits per heavy atom. The summed E-state index contributed by atoms with van der Waals surface area (Å²) in [6, 6.07) is 4.88. The molecule has 0 aromatic heterocycles. The van der Waals surface area contributed by atoms with Crippen LogP contribution in [0, 0.1) is 0 Å². The molecule has 0 radical (unpaired) electrons. The van der Waals surface area contributed by atoms with Crippen molar-refractivity contribution in [2.45, 2.75) is 6.42 Å². The Morgan fingerprint density at radius 2 is 2.25 bits per heavy atom. The number of ether oxygens (including phenoxy) is 1. The number of rotatable bonds is 6. The van der Waals surface area contributed by atoms with E-state index in [1.807, 2.05) is 0 Å². The maximum Gasteiger partial charge on any atom is 0.335 e. The second kappa shape index (κ2) is 6.49. The Balaban J connectivity index is 2.00. The lowest BCUT2D eigenvalue weighted by molar-refractivity contribution is -0.117. The van der Waals surface area contributed by atoms with Crippen LogP contribution in [0.3, 0.4) is 0 Å².